The number of rotatable bonds is 3. The molecule has 0 aromatic carbocycles. The summed E-state index contributed by atoms with van der Waals surface area (Å²) in [6.07, 6.45) is -2.51. The minimum atomic E-state index is -0.917. The van der Waals surface area contributed by atoms with Crippen LogP contribution in [0.2, 0.25) is 0 Å². The predicted octanol–water partition coefficient (Wildman–Crippen LogP) is 0.533. The van der Waals surface area contributed by atoms with Crippen molar-refractivity contribution in [2.75, 3.05) is 6.54 Å². The number of fused-ring (bicyclic) bond motifs is 1. The van der Waals surface area contributed by atoms with Crippen LogP contribution in [-0.2, 0) is 33.4 Å². The highest BCUT2D eigenvalue weighted by Gasteiger charge is 2.59. The molecule has 2 fully saturated rings. The molecular formula is C14H17Br2NO7. The van der Waals surface area contributed by atoms with Crippen LogP contribution in [0.1, 0.15) is 20.8 Å². The number of alkyl halides is 2. The van der Waals surface area contributed by atoms with Crippen molar-refractivity contribution in [2.24, 2.45) is 0 Å². The Hall–Kier alpha value is -1.16. The molecule has 2 heterocycles. The van der Waals surface area contributed by atoms with E-state index in [0.29, 0.717) is 0 Å². The average molecular weight is 471 g/mol. The van der Waals surface area contributed by atoms with Gasteiger partial charge in [0.15, 0.2) is 12.2 Å². The van der Waals surface area contributed by atoms with Crippen molar-refractivity contribution in [3.8, 4) is 0 Å². The molecule has 0 bridgehead atoms. The van der Waals surface area contributed by atoms with Crippen molar-refractivity contribution in [1.82, 2.24) is 4.90 Å². The lowest BCUT2D eigenvalue weighted by molar-refractivity contribution is -0.170. The Bertz CT molecular complexity index is 569. The van der Waals surface area contributed by atoms with Crippen molar-refractivity contribution >= 4 is 55.7 Å². The minimum absolute atomic E-state index is 0.0562. The van der Waals surface area contributed by atoms with Crippen LogP contribution in [0.4, 0.5) is 0 Å². The number of piperidine rings is 1. The molecule has 0 radical (unpaired) electrons. The maximum atomic E-state index is 12.5. The lowest BCUT2D eigenvalue weighted by atomic mass is 9.95. The second kappa shape index (κ2) is 7.38. The fraction of sp³-hybridized carbons (Fsp3) is 0.714. The molecule has 1 amide bonds. The molecule has 2 rings (SSSR count). The number of halogens is 2. The number of ether oxygens (including phenoxy) is 3. The SMILES string of the molecule is CC(=O)OC1C(Br)C(Br)C(=O)N2CC(OC(C)=O)[C@@H](OC(C)=O)C12. The zero-order valence-corrected chi connectivity index (χ0v) is 16.4. The highest BCUT2D eigenvalue weighted by atomic mass is 79.9. The molecule has 8 nitrogen and oxygen atoms in total. The molecule has 5 unspecified atom stereocenters. The standard InChI is InChI=1S/C14H17Br2NO7/c1-5(18)22-8-4-17-11(12(8)23-6(2)19)13(24-7(3)20)9(15)10(16)14(17)21/h8-13H,4H2,1-3H3/t8?,9?,10?,11?,12-,13?/m1/s1. The van der Waals surface area contributed by atoms with E-state index in [4.69, 9.17) is 14.2 Å². The molecule has 2 aliphatic heterocycles. The van der Waals surface area contributed by atoms with Crippen molar-refractivity contribution in [3.05, 3.63) is 0 Å². The molecule has 134 valence electrons. The fourth-order valence-electron chi connectivity index (χ4n) is 3.05. The normalized spacial score (nSPS) is 35.2. The van der Waals surface area contributed by atoms with E-state index in [1.807, 2.05) is 0 Å². The van der Waals surface area contributed by atoms with Gasteiger partial charge in [0.1, 0.15) is 17.0 Å². The van der Waals surface area contributed by atoms with Gasteiger partial charge in [-0.1, -0.05) is 31.9 Å². The largest absolute Gasteiger partial charge is 0.459 e. The van der Waals surface area contributed by atoms with Crippen LogP contribution in [-0.4, -0.2) is 69.3 Å². The lowest BCUT2D eigenvalue weighted by Gasteiger charge is -2.42. The van der Waals surface area contributed by atoms with E-state index in [9.17, 15) is 19.2 Å². The van der Waals surface area contributed by atoms with Crippen LogP contribution in [0.25, 0.3) is 0 Å². The van der Waals surface area contributed by atoms with Crippen molar-refractivity contribution < 1.29 is 33.4 Å². The number of hydrogen-bond donors (Lipinski definition) is 0. The number of carbonyl (C=O) groups is 4. The van der Waals surface area contributed by atoms with Crippen LogP contribution in [0.15, 0.2) is 0 Å². The Morgan fingerprint density at radius 1 is 0.958 bits per heavy atom. The van der Waals surface area contributed by atoms with Crippen molar-refractivity contribution in [2.45, 2.75) is 54.8 Å². The molecule has 0 aromatic heterocycles. The summed E-state index contributed by atoms with van der Waals surface area (Å²) in [5.41, 5.74) is 0. The first kappa shape index (κ1) is 19.2. The van der Waals surface area contributed by atoms with Crippen LogP contribution >= 0.6 is 31.9 Å². The van der Waals surface area contributed by atoms with Gasteiger partial charge < -0.3 is 19.1 Å². The molecule has 0 saturated carbocycles. The number of esters is 3. The number of amides is 1. The minimum Gasteiger partial charge on any atom is -0.459 e. The van der Waals surface area contributed by atoms with Gasteiger partial charge in [0.25, 0.3) is 0 Å². The maximum Gasteiger partial charge on any atom is 0.303 e. The van der Waals surface area contributed by atoms with Gasteiger partial charge in [-0.3, -0.25) is 19.2 Å². The lowest BCUT2D eigenvalue weighted by Crippen LogP contribution is -2.62. The van der Waals surface area contributed by atoms with Crippen LogP contribution in [0.5, 0.6) is 0 Å². The number of nitrogens with zero attached hydrogens (tertiary/aromatic N) is 1. The molecular weight excluding hydrogens is 454 g/mol. The van der Waals surface area contributed by atoms with Gasteiger partial charge in [0.2, 0.25) is 5.91 Å². The fourth-order valence-corrected chi connectivity index (χ4v) is 4.26. The van der Waals surface area contributed by atoms with Crippen LogP contribution in [0.3, 0.4) is 0 Å². The summed E-state index contributed by atoms with van der Waals surface area (Å²) in [5, 5.41) is 0. The molecule has 24 heavy (non-hydrogen) atoms. The Morgan fingerprint density at radius 3 is 1.96 bits per heavy atom. The van der Waals surface area contributed by atoms with E-state index in [0.717, 1.165) is 0 Å². The van der Waals surface area contributed by atoms with Crippen LogP contribution < -0.4 is 0 Å². The first-order valence-corrected chi connectivity index (χ1v) is 9.07. The zero-order chi connectivity index (χ0) is 18.2. The number of hydrogen-bond acceptors (Lipinski definition) is 7. The summed E-state index contributed by atoms with van der Waals surface area (Å²) in [6.45, 7) is 3.76. The van der Waals surface area contributed by atoms with Crippen LogP contribution in [0, 0.1) is 0 Å². The second-order valence-corrected chi connectivity index (χ2v) is 7.67. The Balaban J connectivity index is 2.40. The molecule has 2 saturated heterocycles. The van der Waals surface area contributed by atoms with Gasteiger partial charge >= 0.3 is 17.9 Å². The highest BCUT2D eigenvalue weighted by Crippen LogP contribution is 2.39. The Kier molecular flexibility index (Phi) is 5.90. The van der Waals surface area contributed by atoms with Gasteiger partial charge in [0, 0.05) is 20.8 Å². The van der Waals surface area contributed by atoms with E-state index in [2.05, 4.69) is 31.9 Å². The van der Waals surface area contributed by atoms with Gasteiger partial charge in [-0.15, -0.1) is 0 Å². The average Bonchev–Trinajstić information content (AvgIpc) is 2.78. The third-order valence-corrected chi connectivity index (χ3v) is 6.53. The van der Waals surface area contributed by atoms with E-state index < -0.39 is 51.9 Å². The quantitative estimate of drug-likeness (QED) is 0.337. The Morgan fingerprint density at radius 2 is 1.46 bits per heavy atom. The summed E-state index contributed by atoms with van der Waals surface area (Å²) in [5.74, 6) is -1.94. The summed E-state index contributed by atoms with van der Waals surface area (Å²) in [7, 11) is 0. The van der Waals surface area contributed by atoms with E-state index in [1.54, 1.807) is 0 Å². The summed E-state index contributed by atoms with van der Waals surface area (Å²) < 4.78 is 15.9. The van der Waals surface area contributed by atoms with E-state index in [-0.39, 0.29) is 12.5 Å². The van der Waals surface area contributed by atoms with Gasteiger partial charge in [-0.25, -0.2) is 0 Å². The molecule has 10 heteroatoms. The topological polar surface area (TPSA) is 99.2 Å². The highest BCUT2D eigenvalue weighted by molar-refractivity contribution is 9.12. The summed E-state index contributed by atoms with van der Waals surface area (Å²) >= 11 is 6.65. The predicted molar refractivity (Wildman–Crippen MR) is 87.6 cm³/mol. The third-order valence-electron chi connectivity index (χ3n) is 3.81. The molecule has 0 spiro atoms. The summed E-state index contributed by atoms with van der Waals surface area (Å²) in [4.78, 5) is 47.1. The molecule has 6 atom stereocenters. The maximum absolute atomic E-state index is 12.5. The molecule has 0 aromatic rings. The Labute approximate surface area is 155 Å². The van der Waals surface area contributed by atoms with Crippen molar-refractivity contribution in [1.29, 1.82) is 0 Å². The number of carbonyl (C=O) groups excluding carboxylic acids is 4. The first-order valence-electron chi connectivity index (χ1n) is 7.23. The smallest absolute Gasteiger partial charge is 0.303 e. The van der Waals surface area contributed by atoms with Gasteiger partial charge in [-0.05, 0) is 0 Å². The molecule has 0 aliphatic carbocycles. The first-order chi connectivity index (χ1) is 11.1. The zero-order valence-electron chi connectivity index (χ0n) is 13.2. The third kappa shape index (κ3) is 3.74. The second-order valence-electron chi connectivity index (χ2n) is 5.62. The van der Waals surface area contributed by atoms with E-state index in [1.165, 1.54) is 25.7 Å². The van der Waals surface area contributed by atoms with E-state index >= 15 is 0 Å². The molecule has 0 N–H and O–H groups in total. The molecule has 2 aliphatic rings. The van der Waals surface area contributed by atoms with Gasteiger partial charge in [-0.2, -0.15) is 0 Å². The monoisotopic (exact) mass is 469 g/mol. The van der Waals surface area contributed by atoms with Gasteiger partial charge in [0.05, 0.1) is 11.4 Å². The summed E-state index contributed by atoms with van der Waals surface area (Å²) in [6, 6.07) is -0.743. The van der Waals surface area contributed by atoms with Crippen molar-refractivity contribution in [3.63, 3.8) is 0 Å².